The Labute approximate surface area is 149 Å². The van der Waals surface area contributed by atoms with Gasteiger partial charge in [0.25, 0.3) is 5.91 Å². The lowest BCUT2D eigenvalue weighted by atomic mass is 9.97. The lowest BCUT2D eigenvalue weighted by molar-refractivity contribution is 0.0938. The van der Waals surface area contributed by atoms with Gasteiger partial charge in [-0.15, -0.1) is 0 Å². The molecule has 0 saturated carbocycles. The summed E-state index contributed by atoms with van der Waals surface area (Å²) in [6, 6.07) is 7.63. The number of rotatable bonds is 2. The molecule has 0 saturated heterocycles. The molecule has 132 valence electrons. The standard InChI is InChI=1S/C20H17NO5/c1-9-4-6-12-17(23)15-16(11-5-7-13(22)14(8-11)25-3)21-20(24)19(15)26-18(12)10(9)2/h4-8,16,22H,1-3H3,(H,21,24). The van der Waals surface area contributed by atoms with Crippen molar-refractivity contribution in [2.24, 2.45) is 0 Å². The number of fused-ring (bicyclic) bond motifs is 2. The Kier molecular flexibility index (Phi) is 3.50. The first-order valence-corrected chi connectivity index (χ1v) is 8.17. The van der Waals surface area contributed by atoms with Crippen molar-refractivity contribution in [3.63, 3.8) is 0 Å². The second-order valence-corrected chi connectivity index (χ2v) is 6.40. The van der Waals surface area contributed by atoms with Crippen LogP contribution in [0.15, 0.2) is 39.5 Å². The van der Waals surface area contributed by atoms with Crippen LogP contribution in [0.2, 0.25) is 0 Å². The summed E-state index contributed by atoms with van der Waals surface area (Å²) >= 11 is 0. The summed E-state index contributed by atoms with van der Waals surface area (Å²) in [5.41, 5.74) is 2.93. The Morgan fingerprint density at radius 3 is 2.65 bits per heavy atom. The summed E-state index contributed by atoms with van der Waals surface area (Å²) in [6.45, 7) is 3.79. The van der Waals surface area contributed by atoms with Crippen molar-refractivity contribution in [2.45, 2.75) is 19.9 Å². The maximum atomic E-state index is 13.1. The quantitative estimate of drug-likeness (QED) is 0.741. The summed E-state index contributed by atoms with van der Waals surface area (Å²) in [6.07, 6.45) is 0. The van der Waals surface area contributed by atoms with E-state index in [0.29, 0.717) is 16.5 Å². The van der Waals surface area contributed by atoms with Gasteiger partial charge in [-0.2, -0.15) is 0 Å². The molecule has 1 aliphatic heterocycles. The molecule has 0 fully saturated rings. The summed E-state index contributed by atoms with van der Waals surface area (Å²) in [5, 5.41) is 13.0. The number of carbonyl (C=O) groups is 1. The van der Waals surface area contributed by atoms with Gasteiger partial charge in [-0.25, -0.2) is 0 Å². The van der Waals surface area contributed by atoms with E-state index in [4.69, 9.17) is 9.15 Å². The van der Waals surface area contributed by atoms with Gasteiger partial charge in [0.05, 0.1) is 24.1 Å². The Hall–Kier alpha value is -3.28. The number of ether oxygens (including phenoxy) is 1. The van der Waals surface area contributed by atoms with Crippen LogP contribution in [-0.2, 0) is 0 Å². The third kappa shape index (κ3) is 2.19. The van der Waals surface area contributed by atoms with E-state index in [1.54, 1.807) is 18.2 Å². The highest BCUT2D eigenvalue weighted by atomic mass is 16.5. The van der Waals surface area contributed by atoms with Crippen LogP contribution in [0.25, 0.3) is 11.0 Å². The fourth-order valence-corrected chi connectivity index (χ4v) is 3.33. The van der Waals surface area contributed by atoms with Gasteiger partial charge in [0, 0.05) is 0 Å². The van der Waals surface area contributed by atoms with E-state index in [0.717, 1.165) is 11.1 Å². The third-order valence-corrected chi connectivity index (χ3v) is 4.92. The predicted molar refractivity (Wildman–Crippen MR) is 95.9 cm³/mol. The Morgan fingerprint density at radius 2 is 1.92 bits per heavy atom. The van der Waals surface area contributed by atoms with Crippen LogP contribution in [0.3, 0.4) is 0 Å². The van der Waals surface area contributed by atoms with Crippen LogP contribution < -0.4 is 15.5 Å². The number of carbonyl (C=O) groups excluding carboxylic acids is 1. The van der Waals surface area contributed by atoms with Gasteiger partial charge in [0.15, 0.2) is 16.9 Å². The molecule has 26 heavy (non-hydrogen) atoms. The minimum Gasteiger partial charge on any atom is -0.504 e. The number of hydrogen-bond acceptors (Lipinski definition) is 5. The molecule has 1 aromatic heterocycles. The van der Waals surface area contributed by atoms with Gasteiger partial charge in [0.1, 0.15) is 5.58 Å². The second kappa shape index (κ2) is 5.62. The minimum absolute atomic E-state index is 0.0163. The number of aryl methyl sites for hydroxylation is 2. The monoisotopic (exact) mass is 351 g/mol. The van der Waals surface area contributed by atoms with Gasteiger partial charge in [-0.1, -0.05) is 12.1 Å². The van der Waals surface area contributed by atoms with Crippen molar-refractivity contribution in [1.82, 2.24) is 5.32 Å². The molecule has 3 aromatic rings. The Bertz CT molecular complexity index is 1130. The molecule has 1 atom stereocenters. The number of amides is 1. The molecule has 0 aliphatic carbocycles. The maximum Gasteiger partial charge on any atom is 0.288 e. The molecule has 2 heterocycles. The molecule has 1 aliphatic rings. The van der Waals surface area contributed by atoms with Crippen LogP contribution >= 0.6 is 0 Å². The minimum atomic E-state index is -0.658. The number of phenols is 1. The van der Waals surface area contributed by atoms with Crippen molar-refractivity contribution < 1.29 is 19.1 Å². The first-order chi connectivity index (χ1) is 12.4. The number of phenolic OH excluding ortho intramolecular Hbond substituents is 1. The van der Waals surface area contributed by atoms with Crippen molar-refractivity contribution in [2.75, 3.05) is 7.11 Å². The fraction of sp³-hybridized carbons (Fsp3) is 0.200. The topological polar surface area (TPSA) is 88.8 Å². The summed E-state index contributed by atoms with van der Waals surface area (Å²) in [7, 11) is 1.44. The highest BCUT2D eigenvalue weighted by Gasteiger charge is 2.36. The highest BCUT2D eigenvalue weighted by molar-refractivity contribution is 5.99. The molecule has 1 unspecified atom stereocenters. The van der Waals surface area contributed by atoms with Crippen molar-refractivity contribution in [1.29, 1.82) is 0 Å². The van der Waals surface area contributed by atoms with E-state index in [9.17, 15) is 14.7 Å². The lowest BCUT2D eigenvalue weighted by Gasteiger charge is -2.14. The molecule has 4 rings (SSSR count). The first kappa shape index (κ1) is 16.2. The molecule has 2 aromatic carbocycles. The molecule has 0 radical (unpaired) electrons. The Balaban J connectivity index is 1.98. The Morgan fingerprint density at radius 1 is 1.15 bits per heavy atom. The van der Waals surface area contributed by atoms with Gasteiger partial charge >= 0.3 is 0 Å². The van der Waals surface area contributed by atoms with E-state index in [-0.39, 0.29) is 28.3 Å². The third-order valence-electron chi connectivity index (χ3n) is 4.92. The smallest absolute Gasteiger partial charge is 0.288 e. The summed E-state index contributed by atoms with van der Waals surface area (Å²) in [5.74, 6) is -0.149. The van der Waals surface area contributed by atoms with E-state index in [2.05, 4.69) is 5.32 Å². The van der Waals surface area contributed by atoms with Gasteiger partial charge in [0.2, 0.25) is 5.76 Å². The predicted octanol–water partition coefficient (Wildman–Crippen LogP) is 2.96. The number of methoxy groups -OCH3 is 1. The maximum absolute atomic E-state index is 13.1. The summed E-state index contributed by atoms with van der Waals surface area (Å²) in [4.78, 5) is 25.5. The second-order valence-electron chi connectivity index (χ2n) is 6.40. The van der Waals surface area contributed by atoms with Crippen LogP contribution in [0.5, 0.6) is 11.5 Å². The van der Waals surface area contributed by atoms with Gasteiger partial charge < -0.3 is 19.6 Å². The number of benzene rings is 2. The molecular weight excluding hydrogens is 334 g/mol. The SMILES string of the molecule is COc1cc(C2NC(=O)c3oc4c(C)c(C)ccc4c(=O)c32)ccc1O. The lowest BCUT2D eigenvalue weighted by Crippen LogP contribution is -2.22. The molecule has 6 nitrogen and oxygen atoms in total. The summed E-state index contributed by atoms with van der Waals surface area (Å²) < 4.78 is 11.0. The van der Waals surface area contributed by atoms with E-state index >= 15 is 0 Å². The van der Waals surface area contributed by atoms with Crippen LogP contribution in [-0.4, -0.2) is 18.1 Å². The van der Waals surface area contributed by atoms with Crippen LogP contribution in [0.4, 0.5) is 0 Å². The van der Waals surface area contributed by atoms with Crippen molar-refractivity contribution >= 4 is 16.9 Å². The number of aromatic hydroxyl groups is 1. The van der Waals surface area contributed by atoms with E-state index in [1.807, 2.05) is 19.9 Å². The average molecular weight is 351 g/mol. The highest BCUT2D eigenvalue weighted by Crippen LogP contribution is 2.35. The number of hydrogen-bond donors (Lipinski definition) is 2. The zero-order chi connectivity index (χ0) is 18.6. The van der Waals surface area contributed by atoms with Crippen LogP contribution in [0.1, 0.15) is 38.9 Å². The normalized spacial score (nSPS) is 15.8. The molecule has 6 heteroatoms. The van der Waals surface area contributed by atoms with Gasteiger partial charge in [-0.05, 0) is 48.7 Å². The number of nitrogens with one attached hydrogen (secondary N) is 1. The zero-order valence-corrected chi connectivity index (χ0v) is 14.5. The molecule has 0 bridgehead atoms. The van der Waals surface area contributed by atoms with E-state index in [1.165, 1.54) is 13.2 Å². The van der Waals surface area contributed by atoms with Crippen LogP contribution in [0, 0.1) is 13.8 Å². The zero-order valence-electron chi connectivity index (χ0n) is 14.5. The average Bonchev–Trinajstić information content (AvgIpc) is 2.96. The van der Waals surface area contributed by atoms with Gasteiger partial charge in [-0.3, -0.25) is 9.59 Å². The molecular formula is C20H17NO5. The van der Waals surface area contributed by atoms with Crippen molar-refractivity contribution in [3.8, 4) is 11.5 Å². The molecule has 2 N–H and O–H groups in total. The molecule has 0 spiro atoms. The largest absolute Gasteiger partial charge is 0.504 e. The molecule has 1 amide bonds. The van der Waals surface area contributed by atoms with Crippen molar-refractivity contribution in [3.05, 3.63) is 68.6 Å². The fourth-order valence-electron chi connectivity index (χ4n) is 3.33. The first-order valence-electron chi connectivity index (χ1n) is 8.17. The van der Waals surface area contributed by atoms with E-state index < -0.39 is 11.9 Å².